The number of anilines is 2. The Labute approximate surface area is 111 Å². The van der Waals surface area contributed by atoms with Crippen LogP contribution in [0.15, 0.2) is 18.2 Å². The van der Waals surface area contributed by atoms with Gasteiger partial charge in [0.05, 0.1) is 11.3 Å². The lowest BCUT2D eigenvalue weighted by Gasteiger charge is -2.36. The number of benzene rings is 1. The molecular weight excluding hydrogens is 244 g/mol. The van der Waals surface area contributed by atoms with Gasteiger partial charge in [-0.3, -0.25) is 9.59 Å². The molecular formula is C13H18N4O2. The molecule has 1 aliphatic rings. The number of carbonyl (C=O) groups is 2. The number of hydrogen-bond donors (Lipinski definition) is 3. The largest absolute Gasteiger partial charge is 0.399 e. The molecule has 0 saturated carbocycles. The summed E-state index contributed by atoms with van der Waals surface area (Å²) < 4.78 is 0. The lowest BCUT2D eigenvalue weighted by molar-refractivity contribution is -0.119. The fourth-order valence-corrected chi connectivity index (χ4v) is 2.52. The second kappa shape index (κ2) is 5.17. The van der Waals surface area contributed by atoms with E-state index < -0.39 is 11.9 Å². The lowest BCUT2D eigenvalue weighted by atomic mass is 9.99. The van der Waals surface area contributed by atoms with Crippen molar-refractivity contribution in [3.8, 4) is 0 Å². The Morgan fingerprint density at radius 2 is 1.95 bits per heavy atom. The van der Waals surface area contributed by atoms with Gasteiger partial charge in [-0.15, -0.1) is 0 Å². The van der Waals surface area contributed by atoms with E-state index in [2.05, 4.69) is 0 Å². The first-order chi connectivity index (χ1) is 9.00. The molecule has 1 aliphatic heterocycles. The second-order valence-electron chi connectivity index (χ2n) is 4.75. The van der Waals surface area contributed by atoms with E-state index in [1.807, 2.05) is 4.90 Å². The number of primary amides is 2. The van der Waals surface area contributed by atoms with Crippen molar-refractivity contribution < 1.29 is 9.59 Å². The number of nitrogens with zero attached hydrogens (tertiary/aromatic N) is 1. The summed E-state index contributed by atoms with van der Waals surface area (Å²) in [6, 6.07) is 4.55. The van der Waals surface area contributed by atoms with Gasteiger partial charge in [0, 0.05) is 12.2 Å². The van der Waals surface area contributed by atoms with E-state index >= 15 is 0 Å². The molecule has 1 fully saturated rings. The van der Waals surface area contributed by atoms with Crippen molar-refractivity contribution in [1.82, 2.24) is 0 Å². The molecule has 102 valence electrons. The maximum atomic E-state index is 11.5. The van der Waals surface area contributed by atoms with Gasteiger partial charge in [-0.1, -0.05) is 0 Å². The molecule has 6 N–H and O–H groups in total. The molecule has 0 aliphatic carbocycles. The van der Waals surface area contributed by atoms with Gasteiger partial charge in [-0.25, -0.2) is 0 Å². The number of rotatable bonds is 3. The van der Waals surface area contributed by atoms with E-state index in [0.29, 0.717) is 29.9 Å². The molecule has 6 nitrogen and oxygen atoms in total. The van der Waals surface area contributed by atoms with Crippen molar-refractivity contribution in [2.24, 2.45) is 11.5 Å². The summed E-state index contributed by atoms with van der Waals surface area (Å²) >= 11 is 0. The predicted molar refractivity (Wildman–Crippen MR) is 73.6 cm³/mol. The standard InChI is InChI=1S/C13H18N4O2/c14-8-4-5-10(9(7-8)12(15)18)17-6-2-1-3-11(17)13(16)19/h4-5,7,11H,1-3,6,14H2,(H2,15,18)(H2,16,19). The fraction of sp³-hybridized carbons (Fsp3) is 0.385. The Morgan fingerprint density at radius 3 is 2.58 bits per heavy atom. The third kappa shape index (κ3) is 2.62. The molecule has 0 aromatic heterocycles. The molecule has 1 saturated heterocycles. The minimum absolute atomic E-state index is 0.327. The lowest BCUT2D eigenvalue weighted by Crippen LogP contribution is -2.48. The smallest absolute Gasteiger partial charge is 0.250 e. The van der Waals surface area contributed by atoms with Crippen LogP contribution < -0.4 is 22.1 Å². The average molecular weight is 262 g/mol. The van der Waals surface area contributed by atoms with Gasteiger partial charge in [-0.2, -0.15) is 0 Å². The molecule has 1 unspecified atom stereocenters. The zero-order valence-corrected chi connectivity index (χ0v) is 10.6. The molecule has 19 heavy (non-hydrogen) atoms. The zero-order chi connectivity index (χ0) is 14.0. The Balaban J connectivity index is 2.44. The van der Waals surface area contributed by atoms with Crippen LogP contribution in [0.25, 0.3) is 0 Å². The number of nitrogen functional groups attached to an aromatic ring is 1. The fourth-order valence-electron chi connectivity index (χ4n) is 2.52. The maximum absolute atomic E-state index is 11.5. The minimum Gasteiger partial charge on any atom is -0.399 e. The predicted octanol–water partition coefficient (Wildman–Crippen LogP) is 0.212. The maximum Gasteiger partial charge on any atom is 0.250 e. The van der Waals surface area contributed by atoms with Crippen LogP contribution in [0.2, 0.25) is 0 Å². The highest BCUT2D eigenvalue weighted by Gasteiger charge is 2.29. The molecule has 0 radical (unpaired) electrons. The van der Waals surface area contributed by atoms with Gasteiger partial charge in [-0.05, 0) is 37.5 Å². The molecule has 6 heteroatoms. The average Bonchev–Trinajstić information content (AvgIpc) is 2.38. The van der Waals surface area contributed by atoms with Gasteiger partial charge in [0.1, 0.15) is 6.04 Å². The second-order valence-corrected chi connectivity index (χ2v) is 4.75. The van der Waals surface area contributed by atoms with Crippen molar-refractivity contribution in [1.29, 1.82) is 0 Å². The van der Waals surface area contributed by atoms with Crippen molar-refractivity contribution >= 4 is 23.2 Å². The van der Waals surface area contributed by atoms with E-state index in [-0.39, 0.29) is 5.91 Å². The highest BCUT2D eigenvalue weighted by molar-refractivity contribution is 6.00. The number of hydrogen-bond acceptors (Lipinski definition) is 4. The number of carbonyl (C=O) groups excluding carboxylic acids is 2. The van der Waals surface area contributed by atoms with Gasteiger partial charge < -0.3 is 22.1 Å². The van der Waals surface area contributed by atoms with Crippen molar-refractivity contribution in [2.75, 3.05) is 17.2 Å². The Morgan fingerprint density at radius 1 is 1.21 bits per heavy atom. The molecule has 2 rings (SSSR count). The molecule has 1 atom stereocenters. The summed E-state index contributed by atoms with van der Waals surface area (Å²) in [6.45, 7) is 0.678. The number of nitrogens with two attached hydrogens (primary N) is 3. The van der Waals surface area contributed by atoms with Gasteiger partial charge in [0.15, 0.2) is 0 Å². The van der Waals surface area contributed by atoms with Crippen molar-refractivity contribution in [3.05, 3.63) is 23.8 Å². The van der Waals surface area contributed by atoms with Crippen molar-refractivity contribution in [2.45, 2.75) is 25.3 Å². The van der Waals surface area contributed by atoms with Crippen LogP contribution in [0.3, 0.4) is 0 Å². The van der Waals surface area contributed by atoms with Gasteiger partial charge in [0.2, 0.25) is 5.91 Å². The van der Waals surface area contributed by atoms with E-state index in [1.54, 1.807) is 12.1 Å². The van der Waals surface area contributed by atoms with E-state index in [9.17, 15) is 9.59 Å². The van der Waals surface area contributed by atoms with Crippen LogP contribution >= 0.6 is 0 Å². The summed E-state index contributed by atoms with van der Waals surface area (Å²) in [5, 5.41) is 0. The summed E-state index contributed by atoms with van der Waals surface area (Å²) in [4.78, 5) is 24.9. The van der Waals surface area contributed by atoms with Crippen LogP contribution in [0.4, 0.5) is 11.4 Å². The third-order valence-corrected chi connectivity index (χ3v) is 3.43. The molecule has 0 spiro atoms. The molecule has 2 amide bonds. The van der Waals surface area contributed by atoms with E-state index in [1.165, 1.54) is 6.07 Å². The molecule has 0 bridgehead atoms. The Bertz CT molecular complexity index is 515. The Kier molecular flexibility index (Phi) is 3.59. The summed E-state index contributed by atoms with van der Waals surface area (Å²) in [5.41, 5.74) is 17.9. The van der Waals surface area contributed by atoms with Crippen molar-refractivity contribution in [3.63, 3.8) is 0 Å². The molecule has 1 aromatic rings. The van der Waals surface area contributed by atoms with Crippen LogP contribution in [0.1, 0.15) is 29.6 Å². The normalized spacial score (nSPS) is 19.2. The highest BCUT2D eigenvalue weighted by atomic mass is 16.1. The van der Waals surface area contributed by atoms with Crippen LogP contribution in [0, 0.1) is 0 Å². The first-order valence-corrected chi connectivity index (χ1v) is 6.26. The van der Waals surface area contributed by atoms with E-state index in [4.69, 9.17) is 17.2 Å². The molecule has 1 aromatic carbocycles. The van der Waals surface area contributed by atoms with Gasteiger partial charge >= 0.3 is 0 Å². The number of piperidine rings is 1. The highest BCUT2D eigenvalue weighted by Crippen LogP contribution is 2.29. The first kappa shape index (κ1) is 13.2. The SMILES string of the molecule is NC(=O)c1cc(N)ccc1N1CCCCC1C(N)=O. The molecule has 1 heterocycles. The number of amides is 2. The van der Waals surface area contributed by atoms with Crippen LogP contribution in [0.5, 0.6) is 0 Å². The summed E-state index contributed by atoms with van der Waals surface area (Å²) in [5.74, 6) is -0.942. The van der Waals surface area contributed by atoms with Gasteiger partial charge in [0.25, 0.3) is 5.91 Å². The third-order valence-electron chi connectivity index (χ3n) is 3.43. The first-order valence-electron chi connectivity index (χ1n) is 6.26. The monoisotopic (exact) mass is 262 g/mol. The Hall–Kier alpha value is -2.24. The minimum atomic E-state index is -0.559. The topological polar surface area (TPSA) is 115 Å². The van der Waals surface area contributed by atoms with E-state index in [0.717, 1.165) is 12.8 Å². The summed E-state index contributed by atoms with van der Waals surface area (Å²) in [6.07, 6.45) is 2.59. The van der Waals surface area contributed by atoms with Crippen LogP contribution in [-0.4, -0.2) is 24.4 Å². The summed E-state index contributed by atoms with van der Waals surface area (Å²) in [7, 11) is 0. The van der Waals surface area contributed by atoms with Crippen LogP contribution in [-0.2, 0) is 4.79 Å². The zero-order valence-electron chi connectivity index (χ0n) is 10.6. The quantitative estimate of drug-likeness (QED) is 0.675.